The number of nitrogens with one attached hydrogen (secondary N) is 1. The predicted molar refractivity (Wildman–Crippen MR) is 126 cm³/mol. The van der Waals surface area contributed by atoms with Crippen molar-refractivity contribution in [1.82, 2.24) is 19.4 Å². The molecule has 1 aliphatic rings. The van der Waals surface area contributed by atoms with Crippen molar-refractivity contribution in [3.63, 3.8) is 0 Å². The topological polar surface area (TPSA) is 98.2 Å². The Balaban J connectivity index is 1.60. The van der Waals surface area contributed by atoms with Crippen molar-refractivity contribution in [1.29, 1.82) is 0 Å². The van der Waals surface area contributed by atoms with Crippen LogP contribution in [0.15, 0.2) is 42.6 Å². The number of benzene rings is 1. The van der Waals surface area contributed by atoms with Crippen LogP contribution in [0.3, 0.4) is 0 Å². The second kappa shape index (κ2) is 8.58. The van der Waals surface area contributed by atoms with Gasteiger partial charge in [0.25, 0.3) is 0 Å². The summed E-state index contributed by atoms with van der Waals surface area (Å²) in [5, 5.41) is 2.82. The van der Waals surface area contributed by atoms with Crippen LogP contribution in [-0.4, -0.2) is 37.4 Å². The first-order valence-corrected chi connectivity index (χ1v) is 11.5. The Morgan fingerprint density at radius 2 is 1.74 bits per heavy atom. The second-order valence-electron chi connectivity index (χ2n) is 8.92. The van der Waals surface area contributed by atoms with E-state index in [9.17, 15) is 31.1 Å². The molecule has 7 nitrogen and oxygen atoms in total. The normalized spacial score (nSPS) is 17.6. The lowest BCUT2D eigenvalue weighted by Crippen LogP contribution is -2.36. The van der Waals surface area contributed by atoms with Crippen LogP contribution < -0.4 is 11.1 Å². The highest BCUT2D eigenvalue weighted by molar-refractivity contribution is 6.30. The minimum absolute atomic E-state index is 0.0334. The molecule has 3 aromatic heterocycles. The number of nitrogens with two attached hydrogens (primary N) is 1. The summed E-state index contributed by atoms with van der Waals surface area (Å²) in [6.07, 6.45) is -6.68. The summed E-state index contributed by atoms with van der Waals surface area (Å²) in [5.74, 6) is -6.19. The molecule has 1 amide bonds. The van der Waals surface area contributed by atoms with Crippen molar-refractivity contribution in [3.05, 3.63) is 70.4 Å². The zero-order chi connectivity index (χ0) is 27.6. The number of hydrogen-bond acceptors (Lipinski definition) is 5. The fraction of sp³-hybridized carbons (Fsp3) is 0.250. The van der Waals surface area contributed by atoms with Gasteiger partial charge in [0.05, 0.1) is 16.1 Å². The molecule has 4 heterocycles. The van der Waals surface area contributed by atoms with Crippen molar-refractivity contribution in [2.24, 2.45) is 0 Å². The van der Waals surface area contributed by atoms with Gasteiger partial charge in [-0.3, -0.25) is 4.79 Å². The number of nitrogen functional groups attached to an aromatic ring is 1. The van der Waals surface area contributed by atoms with Crippen LogP contribution in [0.2, 0.25) is 5.02 Å². The molecule has 0 saturated carbocycles. The van der Waals surface area contributed by atoms with E-state index in [1.807, 2.05) is 0 Å². The molecule has 5 rings (SSSR count). The molecule has 4 aromatic rings. The van der Waals surface area contributed by atoms with Crippen LogP contribution in [-0.2, 0) is 16.6 Å². The molecule has 1 aromatic carbocycles. The van der Waals surface area contributed by atoms with Gasteiger partial charge in [0.15, 0.2) is 5.82 Å². The Morgan fingerprint density at radius 3 is 2.39 bits per heavy atom. The second-order valence-corrected chi connectivity index (χ2v) is 9.36. The molecule has 0 bridgehead atoms. The summed E-state index contributed by atoms with van der Waals surface area (Å²) >= 11 is 6.03. The number of amides is 1. The molecule has 1 unspecified atom stereocenters. The zero-order valence-corrected chi connectivity index (χ0v) is 20.1. The van der Waals surface area contributed by atoms with Crippen molar-refractivity contribution in [2.75, 3.05) is 11.1 Å². The number of anilines is 2. The molecule has 0 spiro atoms. The van der Waals surface area contributed by atoms with E-state index in [2.05, 4.69) is 20.3 Å². The zero-order valence-electron chi connectivity index (χ0n) is 19.4. The van der Waals surface area contributed by atoms with E-state index in [0.29, 0.717) is 5.56 Å². The first kappa shape index (κ1) is 25.8. The van der Waals surface area contributed by atoms with Gasteiger partial charge in [0.2, 0.25) is 5.91 Å². The Bertz CT molecular complexity index is 1590. The van der Waals surface area contributed by atoms with Gasteiger partial charge in [-0.05, 0) is 36.8 Å². The first-order chi connectivity index (χ1) is 17.7. The molecule has 0 fully saturated rings. The number of carbonyl (C=O) groups excluding carboxylic acids is 1. The number of nitrogens with zero attached hydrogens (tertiary/aromatic N) is 4. The van der Waals surface area contributed by atoms with Gasteiger partial charge in [0, 0.05) is 19.0 Å². The standard InChI is InChI=1S/C24H17ClF6N6O/c1-22(11-2-5-13(26)6-3-11)16-18(32)34-20(35-19(16)36-21(22)38)17-14-7-4-12(25)10-37(14)15(33-17)8-9-23(27,28)24(29,30)31/h2-7,10H,8-9H2,1H3,(H3,32,34,35,36,38). The Hall–Kier alpha value is -3.87. The summed E-state index contributed by atoms with van der Waals surface area (Å²) in [5.41, 5.74) is 5.90. The molecule has 14 heteroatoms. The van der Waals surface area contributed by atoms with E-state index in [-0.39, 0.29) is 45.1 Å². The maximum absolute atomic E-state index is 13.6. The van der Waals surface area contributed by atoms with Crippen LogP contribution in [0.5, 0.6) is 0 Å². The highest BCUT2D eigenvalue weighted by Gasteiger charge is 2.56. The molecule has 38 heavy (non-hydrogen) atoms. The molecule has 198 valence electrons. The number of hydrogen-bond donors (Lipinski definition) is 2. The lowest BCUT2D eigenvalue weighted by molar-refractivity contribution is -0.284. The fourth-order valence-corrected chi connectivity index (χ4v) is 4.61. The first-order valence-electron chi connectivity index (χ1n) is 11.1. The average Bonchev–Trinajstić information content (AvgIpc) is 3.32. The number of aromatic nitrogens is 4. The lowest BCUT2D eigenvalue weighted by Gasteiger charge is -2.23. The molecule has 1 aliphatic heterocycles. The van der Waals surface area contributed by atoms with E-state index in [0.717, 1.165) is 0 Å². The van der Waals surface area contributed by atoms with Gasteiger partial charge in [-0.2, -0.15) is 22.0 Å². The SMILES string of the molecule is CC1(c2ccc(F)cc2)C(=O)Nc2nc(-c3nc(CCC(F)(F)C(F)(F)F)n4cc(Cl)ccc34)nc(N)c21. The van der Waals surface area contributed by atoms with Crippen molar-refractivity contribution < 1.29 is 31.1 Å². The Morgan fingerprint density at radius 1 is 1.05 bits per heavy atom. The molecular weight excluding hydrogens is 538 g/mol. The summed E-state index contributed by atoms with van der Waals surface area (Å²) < 4.78 is 80.1. The van der Waals surface area contributed by atoms with Crippen molar-refractivity contribution in [3.8, 4) is 11.5 Å². The quantitative estimate of drug-likeness (QED) is 0.315. The van der Waals surface area contributed by atoms with Gasteiger partial charge < -0.3 is 15.5 Å². The molecule has 3 N–H and O–H groups in total. The third kappa shape index (κ3) is 4.01. The number of rotatable bonds is 5. The summed E-state index contributed by atoms with van der Waals surface area (Å²) in [4.78, 5) is 25.9. The van der Waals surface area contributed by atoms with E-state index < -0.39 is 42.1 Å². The van der Waals surface area contributed by atoms with Gasteiger partial charge in [0.1, 0.15) is 34.4 Å². The van der Waals surface area contributed by atoms with Crippen LogP contribution in [0, 0.1) is 5.82 Å². The van der Waals surface area contributed by atoms with E-state index in [4.69, 9.17) is 17.3 Å². The summed E-state index contributed by atoms with van der Waals surface area (Å²) in [6.45, 7) is 1.58. The monoisotopic (exact) mass is 554 g/mol. The van der Waals surface area contributed by atoms with Gasteiger partial charge >= 0.3 is 12.1 Å². The van der Waals surface area contributed by atoms with Crippen LogP contribution in [0.4, 0.5) is 38.0 Å². The van der Waals surface area contributed by atoms with Crippen LogP contribution in [0.25, 0.3) is 17.0 Å². The number of fused-ring (bicyclic) bond motifs is 2. The van der Waals surface area contributed by atoms with Crippen LogP contribution in [0.1, 0.15) is 30.3 Å². The third-order valence-corrected chi connectivity index (χ3v) is 6.73. The van der Waals surface area contributed by atoms with Gasteiger partial charge in [-0.25, -0.2) is 19.3 Å². The van der Waals surface area contributed by atoms with Gasteiger partial charge in [-0.15, -0.1) is 0 Å². The van der Waals surface area contributed by atoms with Crippen LogP contribution >= 0.6 is 11.6 Å². The van der Waals surface area contributed by atoms with Gasteiger partial charge in [-0.1, -0.05) is 23.7 Å². The predicted octanol–water partition coefficient (Wildman–Crippen LogP) is 5.55. The molecule has 0 saturated heterocycles. The molecule has 1 atom stereocenters. The minimum Gasteiger partial charge on any atom is -0.383 e. The number of imidazole rings is 1. The van der Waals surface area contributed by atoms with E-state index in [1.54, 1.807) is 6.92 Å². The average molecular weight is 555 g/mol. The number of halogens is 7. The number of alkyl halides is 5. The molecule has 0 radical (unpaired) electrons. The number of pyridine rings is 1. The van der Waals surface area contributed by atoms with Crippen molar-refractivity contribution >= 4 is 34.7 Å². The van der Waals surface area contributed by atoms with E-state index in [1.165, 1.54) is 47.0 Å². The number of aryl methyl sites for hydroxylation is 1. The fourth-order valence-electron chi connectivity index (χ4n) is 4.45. The maximum Gasteiger partial charge on any atom is 0.453 e. The summed E-state index contributed by atoms with van der Waals surface area (Å²) in [6, 6.07) is 8.22. The highest BCUT2D eigenvalue weighted by Crippen LogP contribution is 2.45. The largest absolute Gasteiger partial charge is 0.453 e. The lowest BCUT2D eigenvalue weighted by atomic mass is 9.78. The number of carbonyl (C=O) groups is 1. The molecular formula is C24H17ClF6N6O. The smallest absolute Gasteiger partial charge is 0.383 e. The maximum atomic E-state index is 13.6. The highest BCUT2D eigenvalue weighted by atomic mass is 35.5. The van der Waals surface area contributed by atoms with Crippen molar-refractivity contribution in [2.45, 2.75) is 37.3 Å². The molecule has 0 aliphatic carbocycles. The minimum atomic E-state index is -5.71. The van der Waals surface area contributed by atoms with E-state index >= 15 is 0 Å². The third-order valence-electron chi connectivity index (χ3n) is 6.51. The Labute approximate surface area is 215 Å². The summed E-state index contributed by atoms with van der Waals surface area (Å²) in [7, 11) is 0. The Kier molecular flexibility index (Phi) is 5.82.